The molecule has 0 saturated carbocycles. The Morgan fingerprint density at radius 1 is 1.29 bits per heavy atom. The molecule has 1 aromatic rings. The largest absolute Gasteiger partial charge is 0.329 e. The smallest absolute Gasteiger partial charge is 0.313 e. The normalized spacial score (nSPS) is 22.0. The Labute approximate surface area is 128 Å². The fourth-order valence-electron chi connectivity index (χ4n) is 2.70. The third-order valence-corrected chi connectivity index (χ3v) is 4.09. The first-order valence-corrected chi connectivity index (χ1v) is 7.36. The van der Waals surface area contributed by atoms with Crippen LogP contribution in [0.3, 0.4) is 0 Å². The highest BCUT2D eigenvalue weighted by Gasteiger charge is 2.32. The van der Waals surface area contributed by atoms with Crippen LogP contribution in [0, 0.1) is 5.82 Å². The predicted molar refractivity (Wildman–Crippen MR) is 79.7 cm³/mol. The van der Waals surface area contributed by atoms with Gasteiger partial charge >= 0.3 is 11.8 Å². The van der Waals surface area contributed by atoms with Crippen molar-refractivity contribution < 1.29 is 14.0 Å². The fourth-order valence-corrected chi connectivity index (χ4v) is 2.88. The highest BCUT2D eigenvalue weighted by atomic mass is 35.5. The number of hydrogen-bond acceptors (Lipinski definition) is 2. The molecule has 1 N–H and O–H groups in total. The Hall–Kier alpha value is -1.62. The number of hydrogen-bond donors (Lipinski definition) is 1. The molecule has 6 heteroatoms. The van der Waals surface area contributed by atoms with Gasteiger partial charge in [-0.15, -0.1) is 0 Å². The zero-order valence-corrected chi connectivity index (χ0v) is 12.8. The van der Waals surface area contributed by atoms with Crippen molar-refractivity contribution in [2.45, 2.75) is 45.2 Å². The summed E-state index contributed by atoms with van der Waals surface area (Å²) in [7, 11) is 0. The van der Waals surface area contributed by atoms with Crippen LogP contribution < -0.4 is 5.32 Å². The molecule has 0 spiro atoms. The minimum absolute atomic E-state index is 0.0452. The van der Waals surface area contributed by atoms with E-state index >= 15 is 0 Å². The Bertz CT molecular complexity index is 555. The van der Waals surface area contributed by atoms with Crippen LogP contribution in [0.5, 0.6) is 0 Å². The van der Waals surface area contributed by atoms with Crippen molar-refractivity contribution in [2.24, 2.45) is 0 Å². The second-order valence-electron chi connectivity index (χ2n) is 5.42. The number of likely N-dealkylation sites (tertiary alicyclic amines) is 1. The number of carbonyl (C=O) groups excluding carboxylic acids is 2. The molecular formula is C15H18ClFN2O2. The lowest BCUT2D eigenvalue weighted by atomic mass is 9.97. The van der Waals surface area contributed by atoms with E-state index in [-0.39, 0.29) is 17.1 Å². The second kappa shape index (κ2) is 6.43. The van der Waals surface area contributed by atoms with Crippen molar-refractivity contribution in [3.63, 3.8) is 0 Å². The Morgan fingerprint density at radius 3 is 2.48 bits per heavy atom. The van der Waals surface area contributed by atoms with Crippen LogP contribution in [0.15, 0.2) is 18.2 Å². The lowest BCUT2D eigenvalue weighted by molar-refractivity contribution is -0.147. The van der Waals surface area contributed by atoms with Gasteiger partial charge in [0.15, 0.2) is 0 Å². The quantitative estimate of drug-likeness (QED) is 0.810. The number of rotatable bonds is 1. The van der Waals surface area contributed by atoms with E-state index in [1.165, 1.54) is 12.1 Å². The molecule has 21 heavy (non-hydrogen) atoms. The molecule has 0 bridgehead atoms. The van der Waals surface area contributed by atoms with E-state index in [2.05, 4.69) is 5.32 Å². The average Bonchev–Trinajstić information content (AvgIpc) is 2.42. The molecule has 1 saturated heterocycles. The molecule has 1 heterocycles. The Kier molecular flexibility index (Phi) is 4.83. The van der Waals surface area contributed by atoms with Gasteiger partial charge < -0.3 is 10.2 Å². The molecule has 0 aliphatic carbocycles. The number of halogens is 2. The molecule has 2 rings (SSSR count). The highest BCUT2D eigenvalue weighted by Crippen LogP contribution is 2.23. The molecule has 2 atom stereocenters. The average molecular weight is 313 g/mol. The Balaban J connectivity index is 2.08. The van der Waals surface area contributed by atoms with E-state index < -0.39 is 17.6 Å². The molecule has 0 radical (unpaired) electrons. The molecule has 2 unspecified atom stereocenters. The zero-order chi connectivity index (χ0) is 15.6. The number of benzene rings is 1. The number of carbonyl (C=O) groups is 2. The van der Waals surface area contributed by atoms with Crippen LogP contribution in [0.25, 0.3) is 0 Å². The molecule has 1 fully saturated rings. The first kappa shape index (κ1) is 15.8. The van der Waals surface area contributed by atoms with Crippen molar-refractivity contribution in [3.8, 4) is 0 Å². The van der Waals surface area contributed by atoms with E-state index in [1.54, 1.807) is 4.90 Å². The SMILES string of the molecule is CC1CCCC(C)N1C(=O)C(=O)Nc1ccc(F)c(Cl)c1. The maximum Gasteiger partial charge on any atom is 0.313 e. The van der Waals surface area contributed by atoms with Crippen molar-refractivity contribution in [2.75, 3.05) is 5.32 Å². The van der Waals surface area contributed by atoms with Gasteiger partial charge in [0, 0.05) is 17.8 Å². The maximum atomic E-state index is 13.1. The lowest BCUT2D eigenvalue weighted by Gasteiger charge is -2.38. The van der Waals surface area contributed by atoms with Crippen molar-refractivity contribution >= 4 is 29.1 Å². The van der Waals surface area contributed by atoms with Crippen LogP contribution in [0.2, 0.25) is 5.02 Å². The number of nitrogens with one attached hydrogen (secondary N) is 1. The molecule has 4 nitrogen and oxygen atoms in total. The zero-order valence-electron chi connectivity index (χ0n) is 12.0. The standard InChI is InChI=1S/C15H18ClFN2O2/c1-9-4-3-5-10(2)19(9)15(21)14(20)18-11-6-7-13(17)12(16)8-11/h6-10H,3-5H2,1-2H3,(H,18,20). The molecule has 114 valence electrons. The summed E-state index contributed by atoms with van der Waals surface area (Å²) in [5.41, 5.74) is 0.303. The van der Waals surface area contributed by atoms with Gasteiger partial charge in [-0.25, -0.2) is 4.39 Å². The summed E-state index contributed by atoms with van der Waals surface area (Å²) >= 11 is 5.65. The topological polar surface area (TPSA) is 49.4 Å². The van der Waals surface area contributed by atoms with Gasteiger partial charge in [-0.1, -0.05) is 11.6 Å². The van der Waals surface area contributed by atoms with Crippen molar-refractivity contribution in [3.05, 3.63) is 29.0 Å². The van der Waals surface area contributed by atoms with Gasteiger partial charge in [0.05, 0.1) is 5.02 Å². The molecular weight excluding hydrogens is 295 g/mol. The summed E-state index contributed by atoms with van der Waals surface area (Å²) in [6.07, 6.45) is 2.85. The summed E-state index contributed by atoms with van der Waals surface area (Å²) in [6.45, 7) is 3.88. The van der Waals surface area contributed by atoms with E-state index in [0.717, 1.165) is 25.3 Å². The van der Waals surface area contributed by atoms with Crippen LogP contribution in [-0.2, 0) is 9.59 Å². The summed E-state index contributed by atoms with van der Waals surface area (Å²) in [6, 6.07) is 3.89. The third-order valence-electron chi connectivity index (χ3n) is 3.80. The molecule has 2 amide bonds. The van der Waals surface area contributed by atoms with Gasteiger partial charge in [-0.05, 0) is 51.3 Å². The lowest BCUT2D eigenvalue weighted by Crippen LogP contribution is -2.51. The summed E-state index contributed by atoms with van der Waals surface area (Å²) in [4.78, 5) is 26.0. The molecule has 1 aliphatic heterocycles. The first-order chi connectivity index (χ1) is 9.90. The molecule has 0 aromatic heterocycles. The van der Waals surface area contributed by atoms with Crippen LogP contribution in [0.4, 0.5) is 10.1 Å². The van der Waals surface area contributed by atoms with Crippen LogP contribution in [-0.4, -0.2) is 28.8 Å². The van der Waals surface area contributed by atoms with Gasteiger partial charge in [-0.2, -0.15) is 0 Å². The van der Waals surface area contributed by atoms with Gasteiger partial charge in [0.1, 0.15) is 5.82 Å². The number of nitrogens with zero attached hydrogens (tertiary/aromatic N) is 1. The van der Waals surface area contributed by atoms with Crippen molar-refractivity contribution in [1.29, 1.82) is 0 Å². The third kappa shape index (κ3) is 3.53. The van der Waals surface area contributed by atoms with E-state index in [1.807, 2.05) is 13.8 Å². The van der Waals surface area contributed by atoms with E-state index in [9.17, 15) is 14.0 Å². The summed E-state index contributed by atoms with van der Waals surface area (Å²) in [5.74, 6) is -1.85. The van der Waals surface area contributed by atoms with E-state index in [0.29, 0.717) is 5.69 Å². The van der Waals surface area contributed by atoms with E-state index in [4.69, 9.17) is 11.6 Å². The molecule has 1 aliphatic rings. The highest BCUT2D eigenvalue weighted by molar-refractivity contribution is 6.40. The minimum Gasteiger partial charge on any atom is -0.329 e. The van der Waals surface area contributed by atoms with Gasteiger partial charge in [0.2, 0.25) is 0 Å². The predicted octanol–water partition coefficient (Wildman–Crippen LogP) is 3.21. The summed E-state index contributed by atoms with van der Waals surface area (Å²) in [5, 5.41) is 2.37. The number of anilines is 1. The summed E-state index contributed by atoms with van der Waals surface area (Å²) < 4.78 is 13.1. The van der Waals surface area contributed by atoms with Crippen LogP contribution in [0.1, 0.15) is 33.1 Å². The molecule has 1 aromatic carbocycles. The first-order valence-electron chi connectivity index (χ1n) is 6.99. The van der Waals surface area contributed by atoms with Gasteiger partial charge in [0.25, 0.3) is 0 Å². The second-order valence-corrected chi connectivity index (χ2v) is 5.83. The fraction of sp³-hybridized carbons (Fsp3) is 0.467. The minimum atomic E-state index is -0.724. The van der Waals surface area contributed by atoms with Gasteiger partial charge in [-0.3, -0.25) is 9.59 Å². The Morgan fingerprint density at radius 2 is 1.90 bits per heavy atom. The van der Waals surface area contributed by atoms with Crippen molar-refractivity contribution in [1.82, 2.24) is 4.90 Å². The number of piperidine rings is 1. The maximum absolute atomic E-state index is 13.1. The number of amides is 2. The van der Waals surface area contributed by atoms with Crippen LogP contribution >= 0.6 is 11.6 Å². The monoisotopic (exact) mass is 312 g/mol.